The molecule has 3 aromatic carbocycles. The fraction of sp³-hybridized carbons (Fsp3) is 0.333. The van der Waals surface area contributed by atoms with Gasteiger partial charge in [-0.2, -0.15) is 0 Å². The number of nitrogens with one attached hydrogen (secondary N) is 1. The average Bonchev–Trinajstić information content (AvgIpc) is 3.42. The zero-order valence-electron chi connectivity index (χ0n) is 22.3. The van der Waals surface area contributed by atoms with Gasteiger partial charge in [-0.05, 0) is 54.3 Å². The molecule has 0 aliphatic heterocycles. The Labute approximate surface area is 249 Å². The molecular formula is C30H33BrClN3O4S. The number of benzene rings is 3. The number of hydrogen-bond donors (Lipinski definition) is 1. The van der Waals surface area contributed by atoms with E-state index in [9.17, 15) is 18.0 Å². The average molecular weight is 647 g/mol. The van der Waals surface area contributed by atoms with E-state index in [-0.39, 0.29) is 24.9 Å². The SMILES string of the molecule is CS(=O)(=O)N(CC(=O)N(Cc1cccc(Cl)c1)C(Cc1ccccc1)C(=O)NC1CCCC1)c1cccc(Br)c1. The van der Waals surface area contributed by atoms with Gasteiger partial charge in [0.25, 0.3) is 0 Å². The molecule has 1 aliphatic carbocycles. The number of anilines is 1. The van der Waals surface area contributed by atoms with Crippen molar-refractivity contribution < 1.29 is 18.0 Å². The Morgan fingerprint density at radius 3 is 2.30 bits per heavy atom. The maximum atomic E-state index is 14.1. The molecule has 1 fully saturated rings. The summed E-state index contributed by atoms with van der Waals surface area (Å²) in [6.45, 7) is -0.372. The first-order chi connectivity index (χ1) is 19.1. The van der Waals surface area contributed by atoms with Crippen molar-refractivity contribution >= 4 is 55.1 Å². The lowest BCUT2D eigenvalue weighted by molar-refractivity contribution is -0.140. The number of rotatable bonds is 11. The van der Waals surface area contributed by atoms with Crippen LogP contribution in [0.15, 0.2) is 83.3 Å². The third-order valence-electron chi connectivity index (χ3n) is 6.99. The third-order valence-corrected chi connectivity index (χ3v) is 8.86. The monoisotopic (exact) mass is 645 g/mol. The molecule has 1 atom stereocenters. The molecule has 4 rings (SSSR count). The van der Waals surface area contributed by atoms with Gasteiger partial charge in [0, 0.05) is 28.5 Å². The van der Waals surface area contributed by atoms with E-state index in [1.54, 1.807) is 42.5 Å². The molecule has 212 valence electrons. The van der Waals surface area contributed by atoms with Crippen LogP contribution in [0.1, 0.15) is 36.8 Å². The summed E-state index contributed by atoms with van der Waals surface area (Å²) in [6, 6.07) is 22.6. The van der Waals surface area contributed by atoms with E-state index in [2.05, 4.69) is 21.2 Å². The number of sulfonamides is 1. The number of carbonyl (C=O) groups excluding carboxylic acids is 2. The Kier molecular flexibility index (Phi) is 10.3. The van der Waals surface area contributed by atoms with E-state index < -0.39 is 28.5 Å². The predicted molar refractivity (Wildman–Crippen MR) is 163 cm³/mol. The Hall–Kier alpha value is -2.88. The molecule has 0 heterocycles. The molecular weight excluding hydrogens is 614 g/mol. The van der Waals surface area contributed by atoms with Crippen LogP contribution in [-0.4, -0.2) is 50.0 Å². The summed E-state index contributed by atoms with van der Waals surface area (Å²) in [5.41, 5.74) is 1.98. The quantitative estimate of drug-likeness (QED) is 0.295. The van der Waals surface area contributed by atoms with Crippen molar-refractivity contribution in [1.82, 2.24) is 10.2 Å². The van der Waals surface area contributed by atoms with Crippen LogP contribution in [0.4, 0.5) is 5.69 Å². The lowest BCUT2D eigenvalue weighted by Crippen LogP contribution is -2.54. The Morgan fingerprint density at radius 2 is 1.65 bits per heavy atom. The van der Waals surface area contributed by atoms with Crippen molar-refractivity contribution in [1.29, 1.82) is 0 Å². The predicted octanol–water partition coefficient (Wildman–Crippen LogP) is 5.57. The Bertz CT molecular complexity index is 1430. The summed E-state index contributed by atoms with van der Waals surface area (Å²) in [4.78, 5) is 29.4. The highest BCUT2D eigenvalue weighted by Crippen LogP contribution is 2.24. The number of carbonyl (C=O) groups is 2. The fourth-order valence-electron chi connectivity index (χ4n) is 5.00. The van der Waals surface area contributed by atoms with Crippen molar-refractivity contribution in [2.75, 3.05) is 17.1 Å². The van der Waals surface area contributed by atoms with E-state index >= 15 is 0 Å². The number of hydrogen-bond acceptors (Lipinski definition) is 4. The molecule has 1 unspecified atom stereocenters. The van der Waals surface area contributed by atoms with Crippen LogP contribution in [-0.2, 0) is 32.6 Å². The van der Waals surface area contributed by atoms with Gasteiger partial charge in [-0.25, -0.2) is 8.42 Å². The van der Waals surface area contributed by atoms with Crippen LogP contribution in [0.5, 0.6) is 0 Å². The Balaban J connectivity index is 1.72. The van der Waals surface area contributed by atoms with Crippen LogP contribution < -0.4 is 9.62 Å². The second-order valence-corrected chi connectivity index (χ2v) is 13.4. The molecule has 0 spiro atoms. The highest BCUT2D eigenvalue weighted by molar-refractivity contribution is 9.10. The molecule has 0 aromatic heterocycles. The standard InChI is InChI=1S/C30H33BrClN3O4S/c1-40(38,39)35(27-16-8-12-24(31)19-27)21-29(36)34(20-23-11-7-13-25(32)17-23)28(18-22-9-3-2-4-10-22)30(37)33-26-14-5-6-15-26/h2-4,7-13,16-17,19,26,28H,5-6,14-15,18,20-21H2,1H3,(H,33,37). The van der Waals surface area contributed by atoms with Crippen molar-refractivity contribution in [3.8, 4) is 0 Å². The molecule has 2 amide bonds. The molecule has 0 saturated heterocycles. The lowest BCUT2D eigenvalue weighted by atomic mass is 10.0. The zero-order chi connectivity index (χ0) is 28.7. The summed E-state index contributed by atoms with van der Waals surface area (Å²) in [7, 11) is -3.82. The van der Waals surface area contributed by atoms with E-state index in [1.165, 1.54) is 4.90 Å². The summed E-state index contributed by atoms with van der Waals surface area (Å²) < 4.78 is 27.5. The number of nitrogens with zero attached hydrogens (tertiary/aromatic N) is 2. The third kappa shape index (κ3) is 8.32. The largest absolute Gasteiger partial charge is 0.352 e. The van der Waals surface area contributed by atoms with Crippen molar-refractivity contribution in [3.63, 3.8) is 0 Å². The Morgan fingerprint density at radius 1 is 0.975 bits per heavy atom. The highest BCUT2D eigenvalue weighted by Gasteiger charge is 2.34. The summed E-state index contributed by atoms with van der Waals surface area (Å²) in [6.07, 6.45) is 5.25. The topological polar surface area (TPSA) is 86.8 Å². The van der Waals surface area contributed by atoms with Crippen LogP contribution >= 0.6 is 27.5 Å². The maximum Gasteiger partial charge on any atom is 0.244 e. The van der Waals surface area contributed by atoms with Gasteiger partial charge in [0.1, 0.15) is 12.6 Å². The van der Waals surface area contributed by atoms with Gasteiger partial charge in [0.05, 0.1) is 11.9 Å². The molecule has 3 aromatic rings. The van der Waals surface area contributed by atoms with E-state index in [1.807, 2.05) is 36.4 Å². The van der Waals surface area contributed by atoms with Gasteiger partial charge >= 0.3 is 0 Å². The van der Waals surface area contributed by atoms with Crippen LogP contribution in [0, 0.1) is 0 Å². The van der Waals surface area contributed by atoms with Gasteiger partial charge in [-0.1, -0.05) is 88.9 Å². The molecule has 10 heteroatoms. The molecule has 40 heavy (non-hydrogen) atoms. The normalized spacial score (nSPS) is 14.5. The smallest absolute Gasteiger partial charge is 0.244 e. The van der Waals surface area contributed by atoms with E-state index in [0.29, 0.717) is 15.2 Å². The summed E-state index contributed by atoms with van der Waals surface area (Å²) in [5, 5.41) is 3.66. The maximum absolute atomic E-state index is 14.1. The van der Waals surface area contributed by atoms with Crippen molar-refractivity contribution in [3.05, 3.63) is 99.5 Å². The van der Waals surface area contributed by atoms with Crippen LogP contribution in [0.2, 0.25) is 5.02 Å². The number of amides is 2. The minimum atomic E-state index is -3.82. The minimum absolute atomic E-state index is 0.0584. The van der Waals surface area contributed by atoms with Gasteiger partial charge in [-0.15, -0.1) is 0 Å². The van der Waals surface area contributed by atoms with E-state index in [4.69, 9.17) is 11.6 Å². The van der Waals surface area contributed by atoms with Gasteiger partial charge in [0.2, 0.25) is 21.8 Å². The zero-order valence-corrected chi connectivity index (χ0v) is 25.5. The van der Waals surface area contributed by atoms with E-state index in [0.717, 1.165) is 47.4 Å². The first kappa shape index (κ1) is 30.1. The van der Waals surface area contributed by atoms with Gasteiger partial charge < -0.3 is 10.2 Å². The first-order valence-corrected chi connectivity index (χ1v) is 16.2. The second kappa shape index (κ2) is 13.7. The summed E-state index contributed by atoms with van der Waals surface area (Å²) in [5.74, 6) is -0.743. The highest BCUT2D eigenvalue weighted by atomic mass is 79.9. The molecule has 1 saturated carbocycles. The van der Waals surface area contributed by atoms with Gasteiger partial charge in [-0.3, -0.25) is 13.9 Å². The molecule has 1 N–H and O–H groups in total. The minimum Gasteiger partial charge on any atom is -0.352 e. The summed E-state index contributed by atoms with van der Waals surface area (Å²) >= 11 is 9.64. The molecule has 7 nitrogen and oxygen atoms in total. The van der Waals surface area contributed by atoms with Crippen LogP contribution in [0.25, 0.3) is 0 Å². The molecule has 0 bridgehead atoms. The van der Waals surface area contributed by atoms with Gasteiger partial charge in [0.15, 0.2) is 0 Å². The fourth-order valence-corrected chi connectivity index (χ4v) is 6.44. The second-order valence-electron chi connectivity index (χ2n) is 10.1. The van der Waals surface area contributed by atoms with Crippen molar-refractivity contribution in [2.24, 2.45) is 0 Å². The van der Waals surface area contributed by atoms with Crippen LogP contribution in [0.3, 0.4) is 0 Å². The molecule has 0 radical (unpaired) electrons. The van der Waals surface area contributed by atoms with Crippen molar-refractivity contribution in [2.45, 2.75) is 50.7 Å². The lowest BCUT2D eigenvalue weighted by Gasteiger charge is -2.34. The number of halogens is 2. The molecule has 1 aliphatic rings. The first-order valence-electron chi connectivity index (χ1n) is 13.2.